The molecule has 4 N–H and O–H groups in total. The summed E-state index contributed by atoms with van der Waals surface area (Å²) in [6.07, 6.45) is 53.2. The Kier molecular flexibility index (Phi) is 39.6. The third kappa shape index (κ3) is 41.1. The van der Waals surface area contributed by atoms with Crippen LogP contribution in [0.15, 0.2) is 97.2 Å². The number of hydrogen-bond donors (Lipinski definition) is 3. The lowest BCUT2D eigenvalue weighted by Crippen LogP contribution is -2.34. The van der Waals surface area contributed by atoms with E-state index in [9.17, 15) is 23.8 Å². The maximum atomic E-state index is 12.6. The number of phosphoric acid groups is 1. The molecule has 340 valence electrons. The van der Waals surface area contributed by atoms with Crippen LogP contribution in [-0.2, 0) is 37.5 Å². The van der Waals surface area contributed by atoms with Gasteiger partial charge in [-0.05, 0) is 96.3 Å². The number of carbonyl (C=O) groups is 3. The van der Waals surface area contributed by atoms with Gasteiger partial charge in [0.25, 0.3) is 0 Å². The number of ether oxygens (including phenoxy) is 2. The zero-order chi connectivity index (χ0) is 44.2. The van der Waals surface area contributed by atoms with Crippen LogP contribution in [0.2, 0.25) is 0 Å². The van der Waals surface area contributed by atoms with E-state index in [4.69, 9.17) is 24.8 Å². The molecule has 0 heterocycles. The molecule has 11 nitrogen and oxygen atoms in total. The van der Waals surface area contributed by atoms with Crippen LogP contribution in [-0.4, -0.2) is 59.9 Å². The molecule has 12 heteroatoms. The molecule has 0 bridgehead atoms. The average Bonchev–Trinajstić information content (AvgIpc) is 3.22. The molecular formula is C48H78NO10P. The molecule has 0 rings (SSSR count). The molecule has 60 heavy (non-hydrogen) atoms. The number of esters is 2. The van der Waals surface area contributed by atoms with E-state index in [1.165, 1.54) is 19.3 Å². The van der Waals surface area contributed by atoms with Crippen molar-refractivity contribution >= 4 is 25.7 Å². The Hall–Kier alpha value is -3.60. The van der Waals surface area contributed by atoms with Gasteiger partial charge in [-0.3, -0.25) is 23.4 Å². The number of phosphoric ester groups is 1. The Labute approximate surface area is 362 Å². The highest BCUT2D eigenvalue weighted by atomic mass is 31.2. The maximum Gasteiger partial charge on any atom is 0.472 e. The molecule has 0 aliphatic rings. The van der Waals surface area contributed by atoms with Crippen LogP contribution >= 0.6 is 7.82 Å². The predicted molar refractivity (Wildman–Crippen MR) is 244 cm³/mol. The minimum atomic E-state index is -4.74. The summed E-state index contributed by atoms with van der Waals surface area (Å²) in [6.45, 7) is 2.59. The van der Waals surface area contributed by atoms with Crippen LogP contribution in [0.4, 0.5) is 0 Å². The molecule has 0 aromatic carbocycles. The summed E-state index contributed by atoms with van der Waals surface area (Å²) < 4.78 is 32.7. The van der Waals surface area contributed by atoms with Gasteiger partial charge in [-0.15, -0.1) is 0 Å². The summed E-state index contributed by atoms with van der Waals surface area (Å²) in [5, 5.41) is 8.90. The number of nitrogens with two attached hydrogens (primary N) is 1. The number of allylic oxidation sites excluding steroid dienone is 16. The van der Waals surface area contributed by atoms with Crippen molar-refractivity contribution in [2.75, 3.05) is 19.8 Å². The van der Waals surface area contributed by atoms with Gasteiger partial charge in [-0.1, -0.05) is 143 Å². The largest absolute Gasteiger partial charge is 0.480 e. The molecule has 0 fully saturated rings. The van der Waals surface area contributed by atoms with Gasteiger partial charge in [0.1, 0.15) is 12.6 Å². The van der Waals surface area contributed by atoms with Crippen molar-refractivity contribution in [1.29, 1.82) is 0 Å². The second-order valence-electron chi connectivity index (χ2n) is 14.4. The first-order valence-corrected chi connectivity index (χ1v) is 23.8. The molecule has 0 amide bonds. The van der Waals surface area contributed by atoms with Gasteiger partial charge in [-0.2, -0.15) is 0 Å². The molecule has 1 unspecified atom stereocenters. The van der Waals surface area contributed by atoms with Crippen LogP contribution in [0, 0.1) is 0 Å². The van der Waals surface area contributed by atoms with Crippen molar-refractivity contribution in [1.82, 2.24) is 0 Å². The van der Waals surface area contributed by atoms with Crippen molar-refractivity contribution in [3.05, 3.63) is 97.2 Å². The smallest absolute Gasteiger partial charge is 0.472 e. The first kappa shape index (κ1) is 56.4. The second kappa shape index (κ2) is 42.1. The fourth-order valence-electron chi connectivity index (χ4n) is 5.33. The zero-order valence-electron chi connectivity index (χ0n) is 36.8. The van der Waals surface area contributed by atoms with Crippen LogP contribution in [0.25, 0.3) is 0 Å². The summed E-state index contributed by atoms with van der Waals surface area (Å²) in [6, 6.07) is -1.54. The number of unbranched alkanes of at least 4 members (excludes halogenated alkanes) is 10. The predicted octanol–water partition coefficient (Wildman–Crippen LogP) is 12.1. The van der Waals surface area contributed by atoms with Gasteiger partial charge in [0.2, 0.25) is 0 Å². The zero-order valence-corrected chi connectivity index (χ0v) is 37.6. The lowest BCUT2D eigenvalue weighted by atomic mass is 10.1. The standard InChI is InChI=1S/C48H78NO10P/c1-3-5-7-9-11-13-15-17-19-21-22-24-25-27-29-31-33-35-37-39-46(50)56-41-44(42-57-60(54,55)58-43-45(49)48(52)53)59-47(51)40-38-36-34-32-30-28-26-23-20-18-16-14-12-10-8-6-4-2/h5,7,11-14,17-20,22,24,26-29,44-45H,3-4,6,8-10,15-16,21,23,25,30-43,49H2,1-2H3,(H,52,53)(H,54,55)/b7-5-,13-11-,14-12-,19-17-,20-18-,24-22-,28-26-,29-27-/t44-,45+/m1/s1. The van der Waals surface area contributed by atoms with Gasteiger partial charge < -0.3 is 25.2 Å². The van der Waals surface area contributed by atoms with Gasteiger partial charge in [0.05, 0.1) is 13.2 Å². The van der Waals surface area contributed by atoms with Crippen molar-refractivity contribution in [2.45, 2.75) is 167 Å². The highest BCUT2D eigenvalue weighted by Crippen LogP contribution is 2.43. The number of carbonyl (C=O) groups excluding carboxylic acids is 2. The molecule has 0 aromatic rings. The minimum Gasteiger partial charge on any atom is -0.480 e. The second-order valence-corrected chi connectivity index (χ2v) is 15.9. The normalized spacial score (nSPS) is 14.6. The number of rotatable bonds is 40. The van der Waals surface area contributed by atoms with Crippen LogP contribution in [0.1, 0.15) is 155 Å². The first-order chi connectivity index (χ1) is 29.1. The number of aliphatic carboxylic acids is 1. The van der Waals surface area contributed by atoms with Gasteiger partial charge in [-0.25, -0.2) is 4.57 Å². The third-order valence-corrected chi connectivity index (χ3v) is 9.77. The molecule has 3 atom stereocenters. The quantitative estimate of drug-likeness (QED) is 0.0232. The van der Waals surface area contributed by atoms with E-state index in [-0.39, 0.29) is 19.4 Å². The lowest BCUT2D eigenvalue weighted by Gasteiger charge is -2.20. The monoisotopic (exact) mass is 860 g/mol. The van der Waals surface area contributed by atoms with E-state index in [1.54, 1.807) is 0 Å². The number of hydrogen-bond acceptors (Lipinski definition) is 9. The molecule has 0 aliphatic heterocycles. The van der Waals surface area contributed by atoms with Gasteiger partial charge in [0.15, 0.2) is 6.10 Å². The molecular weight excluding hydrogens is 781 g/mol. The number of carboxylic acids is 1. The highest BCUT2D eigenvalue weighted by molar-refractivity contribution is 7.47. The van der Waals surface area contributed by atoms with Crippen molar-refractivity contribution in [2.24, 2.45) is 5.73 Å². The molecule has 0 saturated heterocycles. The Morgan fingerprint density at radius 1 is 0.533 bits per heavy atom. The van der Waals surface area contributed by atoms with Crippen molar-refractivity contribution < 1.29 is 47.5 Å². The van der Waals surface area contributed by atoms with E-state index in [1.807, 2.05) is 0 Å². The molecule has 0 radical (unpaired) electrons. The van der Waals surface area contributed by atoms with Crippen LogP contribution in [0.5, 0.6) is 0 Å². The summed E-state index contributed by atoms with van der Waals surface area (Å²) in [5.41, 5.74) is 5.33. The fraction of sp³-hybridized carbons (Fsp3) is 0.604. The number of carboxylic acid groups (broad SMARTS) is 1. The van der Waals surface area contributed by atoms with Crippen LogP contribution < -0.4 is 5.73 Å². The molecule has 0 saturated carbocycles. The van der Waals surface area contributed by atoms with Crippen molar-refractivity contribution in [3.8, 4) is 0 Å². The van der Waals surface area contributed by atoms with E-state index < -0.39 is 51.1 Å². The van der Waals surface area contributed by atoms with E-state index in [2.05, 4.69) is 116 Å². The van der Waals surface area contributed by atoms with Crippen molar-refractivity contribution in [3.63, 3.8) is 0 Å². The SMILES string of the molecule is CC/C=C\C/C=C\C/C=C\C/C=C\C/C=C\CCCCCC(=O)OC[C@H](COP(=O)(O)OC[C@H](N)C(=O)O)OC(=O)CCCCCC/C=C\C/C=C\C/C=C\CCCCC. The molecule has 0 spiro atoms. The summed E-state index contributed by atoms with van der Waals surface area (Å²) >= 11 is 0. The summed E-state index contributed by atoms with van der Waals surface area (Å²) in [5.74, 6) is -2.46. The van der Waals surface area contributed by atoms with E-state index >= 15 is 0 Å². The fourth-order valence-corrected chi connectivity index (χ4v) is 6.11. The lowest BCUT2D eigenvalue weighted by molar-refractivity contribution is -0.161. The van der Waals surface area contributed by atoms with Crippen LogP contribution in [0.3, 0.4) is 0 Å². The van der Waals surface area contributed by atoms with Gasteiger partial charge in [0, 0.05) is 12.8 Å². The third-order valence-electron chi connectivity index (χ3n) is 8.82. The minimum absolute atomic E-state index is 0.122. The van der Waals surface area contributed by atoms with E-state index in [0.717, 1.165) is 96.3 Å². The summed E-state index contributed by atoms with van der Waals surface area (Å²) in [7, 11) is -4.74. The Morgan fingerprint density at radius 2 is 0.933 bits per heavy atom. The summed E-state index contributed by atoms with van der Waals surface area (Å²) in [4.78, 5) is 46.0. The molecule has 0 aliphatic carbocycles. The Morgan fingerprint density at radius 3 is 1.40 bits per heavy atom. The first-order valence-electron chi connectivity index (χ1n) is 22.3. The molecule has 0 aromatic heterocycles. The van der Waals surface area contributed by atoms with Gasteiger partial charge >= 0.3 is 25.7 Å². The topological polar surface area (TPSA) is 172 Å². The highest BCUT2D eigenvalue weighted by Gasteiger charge is 2.28. The Bertz CT molecular complexity index is 1380. The Balaban J connectivity index is 4.48. The maximum absolute atomic E-state index is 12.6. The average molecular weight is 860 g/mol. The van der Waals surface area contributed by atoms with E-state index in [0.29, 0.717) is 12.8 Å².